The van der Waals surface area contributed by atoms with Gasteiger partial charge in [0.2, 0.25) is 0 Å². The van der Waals surface area contributed by atoms with Crippen LogP contribution < -0.4 is 0 Å². The number of benzene rings is 6. The maximum absolute atomic E-state index is 5.23. The molecule has 57 heavy (non-hydrogen) atoms. The first-order valence-electron chi connectivity index (χ1n) is 20.1. The van der Waals surface area contributed by atoms with E-state index in [1.165, 1.54) is 44.5 Å². The van der Waals surface area contributed by atoms with Crippen molar-refractivity contribution in [3.8, 4) is 67.5 Å². The highest BCUT2D eigenvalue weighted by Crippen LogP contribution is 2.49. The highest BCUT2D eigenvalue weighted by molar-refractivity contribution is 5.84. The molecule has 0 radical (unpaired) electrons. The second-order valence-corrected chi connectivity index (χ2v) is 15.9. The first kappa shape index (κ1) is 34.8. The molecule has 274 valence electrons. The number of allylic oxidation sites excluding steroid dienone is 8. The zero-order valence-corrected chi connectivity index (χ0v) is 32.4. The van der Waals surface area contributed by atoms with Crippen LogP contribution in [0.2, 0.25) is 0 Å². The molecule has 0 amide bonds. The van der Waals surface area contributed by atoms with Gasteiger partial charge in [0.05, 0.1) is 0 Å². The molecule has 3 nitrogen and oxygen atoms in total. The lowest BCUT2D eigenvalue weighted by Crippen LogP contribution is -2.15. The molecule has 3 aliphatic carbocycles. The zero-order valence-electron chi connectivity index (χ0n) is 32.4. The van der Waals surface area contributed by atoms with Gasteiger partial charge < -0.3 is 0 Å². The Bertz CT molecular complexity index is 2780. The SMILES string of the molecule is CC1(C)c2ccccc2-c2ccc(-c3nc(-c4cccc(C5=CCC(C6=CCCC=C6)C=C5)c4)nc(-c4cccc(-c5ccc(-c6ccccc6)cc5)c4)n3)cc21. The Hall–Kier alpha value is -6.71. The van der Waals surface area contributed by atoms with Gasteiger partial charge >= 0.3 is 0 Å². The van der Waals surface area contributed by atoms with Gasteiger partial charge in [-0.1, -0.05) is 178 Å². The topological polar surface area (TPSA) is 38.7 Å². The van der Waals surface area contributed by atoms with Crippen LogP contribution in [0.15, 0.2) is 188 Å². The molecular weight excluding hydrogens is 691 g/mol. The summed E-state index contributed by atoms with van der Waals surface area (Å²) >= 11 is 0. The Balaban J connectivity index is 1.04. The molecule has 10 rings (SSSR count). The van der Waals surface area contributed by atoms with E-state index in [1.54, 1.807) is 0 Å². The number of rotatable bonds is 7. The first-order chi connectivity index (χ1) is 28.0. The molecule has 0 saturated carbocycles. The standard InChI is InChI=1S/C54H43N3/c1-54(2)49-22-10-9-21-47(49)48-32-31-46(35-50(48)54)53-56-51(44-19-11-17-42(33-44)40-27-23-38(24-28-40)36-13-5-3-6-14-36)55-52(57-53)45-20-12-18-43(34-45)41-29-25-39(26-30-41)37-15-7-4-8-16-37/h3,5-7,9-25,27-35,39H,4,8,26H2,1-2H3. The average Bonchev–Trinajstić information content (AvgIpc) is 3.52. The van der Waals surface area contributed by atoms with E-state index in [9.17, 15) is 0 Å². The van der Waals surface area contributed by atoms with Gasteiger partial charge in [-0.3, -0.25) is 0 Å². The van der Waals surface area contributed by atoms with Gasteiger partial charge in [0.1, 0.15) is 0 Å². The minimum atomic E-state index is -0.136. The predicted molar refractivity (Wildman–Crippen MR) is 236 cm³/mol. The third kappa shape index (κ3) is 6.59. The maximum atomic E-state index is 5.23. The summed E-state index contributed by atoms with van der Waals surface area (Å²) in [5.74, 6) is 2.42. The predicted octanol–water partition coefficient (Wildman–Crippen LogP) is 13.7. The van der Waals surface area contributed by atoms with Crippen molar-refractivity contribution in [2.24, 2.45) is 5.92 Å². The zero-order chi connectivity index (χ0) is 38.3. The number of hydrogen-bond acceptors (Lipinski definition) is 3. The van der Waals surface area contributed by atoms with E-state index in [4.69, 9.17) is 15.0 Å². The number of aromatic nitrogens is 3. The molecule has 7 aromatic rings. The highest BCUT2D eigenvalue weighted by atomic mass is 15.0. The smallest absolute Gasteiger partial charge is 0.164 e. The summed E-state index contributed by atoms with van der Waals surface area (Å²) in [7, 11) is 0. The van der Waals surface area contributed by atoms with Crippen molar-refractivity contribution < 1.29 is 0 Å². The highest BCUT2D eigenvalue weighted by Gasteiger charge is 2.35. The molecule has 0 N–H and O–H groups in total. The minimum absolute atomic E-state index is 0.136. The summed E-state index contributed by atoms with van der Waals surface area (Å²) < 4.78 is 0. The molecule has 3 heteroatoms. The Morgan fingerprint density at radius 3 is 1.70 bits per heavy atom. The molecule has 0 bridgehead atoms. The summed E-state index contributed by atoms with van der Waals surface area (Å²) in [5, 5.41) is 0. The van der Waals surface area contributed by atoms with Gasteiger partial charge in [-0.25, -0.2) is 15.0 Å². The minimum Gasteiger partial charge on any atom is -0.208 e. The van der Waals surface area contributed by atoms with Gasteiger partial charge in [0.15, 0.2) is 17.5 Å². The molecule has 0 spiro atoms. The van der Waals surface area contributed by atoms with Crippen molar-refractivity contribution in [1.82, 2.24) is 15.0 Å². The van der Waals surface area contributed by atoms with Crippen molar-refractivity contribution in [2.75, 3.05) is 0 Å². The van der Waals surface area contributed by atoms with Crippen LogP contribution in [0, 0.1) is 5.92 Å². The Morgan fingerprint density at radius 2 is 1.02 bits per heavy atom. The second-order valence-electron chi connectivity index (χ2n) is 15.9. The summed E-state index contributed by atoms with van der Waals surface area (Å²) in [5.41, 5.74) is 16.5. The van der Waals surface area contributed by atoms with Crippen LogP contribution >= 0.6 is 0 Å². The third-order valence-electron chi connectivity index (χ3n) is 11.9. The van der Waals surface area contributed by atoms with Gasteiger partial charge in [-0.05, 0) is 98.7 Å². The fraction of sp³-hybridized carbons (Fsp3) is 0.130. The second kappa shape index (κ2) is 14.4. The van der Waals surface area contributed by atoms with Crippen molar-refractivity contribution in [2.45, 2.75) is 38.5 Å². The molecule has 6 aromatic carbocycles. The van der Waals surface area contributed by atoms with Crippen LogP contribution in [0.5, 0.6) is 0 Å². The monoisotopic (exact) mass is 733 g/mol. The van der Waals surface area contributed by atoms with Crippen LogP contribution in [-0.4, -0.2) is 15.0 Å². The lowest BCUT2D eigenvalue weighted by molar-refractivity contribution is 0.660. The molecule has 0 fully saturated rings. The van der Waals surface area contributed by atoms with Crippen LogP contribution in [0.4, 0.5) is 0 Å². The first-order valence-corrected chi connectivity index (χ1v) is 20.1. The lowest BCUT2D eigenvalue weighted by Gasteiger charge is -2.21. The van der Waals surface area contributed by atoms with Crippen LogP contribution in [0.1, 0.15) is 49.8 Å². The molecule has 1 heterocycles. The van der Waals surface area contributed by atoms with Crippen LogP contribution in [0.25, 0.3) is 73.1 Å². The van der Waals surface area contributed by atoms with E-state index >= 15 is 0 Å². The third-order valence-corrected chi connectivity index (χ3v) is 11.9. The normalized spacial score (nSPS) is 16.4. The number of fused-ring (bicyclic) bond motifs is 3. The van der Waals surface area contributed by atoms with Crippen molar-refractivity contribution in [3.63, 3.8) is 0 Å². The molecule has 3 aliphatic rings. The molecule has 1 unspecified atom stereocenters. The number of hydrogen-bond donors (Lipinski definition) is 0. The lowest BCUT2D eigenvalue weighted by atomic mass is 9.82. The summed E-state index contributed by atoms with van der Waals surface area (Å²) in [6.07, 6.45) is 17.3. The summed E-state index contributed by atoms with van der Waals surface area (Å²) in [4.78, 5) is 15.7. The fourth-order valence-electron chi connectivity index (χ4n) is 8.76. The van der Waals surface area contributed by atoms with Gasteiger partial charge in [0, 0.05) is 28.0 Å². The maximum Gasteiger partial charge on any atom is 0.164 e. The van der Waals surface area contributed by atoms with E-state index in [0.29, 0.717) is 23.4 Å². The van der Waals surface area contributed by atoms with Crippen LogP contribution in [0.3, 0.4) is 0 Å². The summed E-state index contributed by atoms with van der Waals surface area (Å²) in [6, 6.07) is 52.0. The van der Waals surface area contributed by atoms with Crippen LogP contribution in [-0.2, 0) is 5.41 Å². The van der Waals surface area contributed by atoms with Crippen molar-refractivity contribution >= 4 is 5.57 Å². The van der Waals surface area contributed by atoms with Crippen molar-refractivity contribution in [1.29, 1.82) is 0 Å². The molecule has 0 saturated heterocycles. The molecule has 1 aromatic heterocycles. The molecule has 1 atom stereocenters. The Morgan fingerprint density at radius 1 is 0.456 bits per heavy atom. The van der Waals surface area contributed by atoms with Crippen molar-refractivity contribution in [3.05, 3.63) is 204 Å². The van der Waals surface area contributed by atoms with Gasteiger partial charge in [-0.15, -0.1) is 0 Å². The Kier molecular flexibility index (Phi) is 8.79. The fourth-order valence-corrected chi connectivity index (χ4v) is 8.76. The summed E-state index contributed by atoms with van der Waals surface area (Å²) in [6.45, 7) is 4.63. The van der Waals surface area contributed by atoms with E-state index in [1.807, 2.05) is 0 Å². The Labute approximate surface area is 335 Å². The molecular formula is C54H43N3. The molecule has 0 aliphatic heterocycles. The average molecular weight is 734 g/mol. The van der Waals surface area contributed by atoms with Gasteiger partial charge in [-0.2, -0.15) is 0 Å². The largest absolute Gasteiger partial charge is 0.208 e. The van der Waals surface area contributed by atoms with E-state index in [-0.39, 0.29) is 5.41 Å². The number of nitrogens with zero attached hydrogens (tertiary/aromatic N) is 3. The quantitative estimate of drug-likeness (QED) is 0.164. The van der Waals surface area contributed by atoms with E-state index in [2.05, 4.69) is 196 Å². The van der Waals surface area contributed by atoms with Gasteiger partial charge in [0.25, 0.3) is 0 Å². The van der Waals surface area contributed by atoms with E-state index < -0.39 is 0 Å². The van der Waals surface area contributed by atoms with E-state index in [0.717, 1.165) is 52.6 Å².